The zero-order valence-electron chi connectivity index (χ0n) is 15.5. The molecule has 1 heterocycles. The summed E-state index contributed by atoms with van der Waals surface area (Å²) in [5.41, 5.74) is 3.30. The first-order valence-corrected chi connectivity index (χ1v) is 10.7. The number of hydrogen-bond acceptors (Lipinski definition) is 3. The minimum atomic E-state index is -3.80. The zero-order valence-corrected chi connectivity index (χ0v) is 16.3. The molecule has 0 spiro atoms. The molecule has 0 saturated heterocycles. The number of amides is 1. The summed E-state index contributed by atoms with van der Waals surface area (Å²) < 4.78 is 40.2. The molecule has 0 fully saturated rings. The Labute approximate surface area is 168 Å². The van der Waals surface area contributed by atoms with Crippen LogP contribution in [0.3, 0.4) is 0 Å². The van der Waals surface area contributed by atoms with Crippen molar-refractivity contribution in [2.75, 3.05) is 16.2 Å². The largest absolute Gasteiger partial charge is 0.312 e. The molecule has 1 aliphatic heterocycles. The van der Waals surface area contributed by atoms with Gasteiger partial charge >= 0.3 is 0 Å². The number of carbonyl (C=O) groups is 1. The molecule has 148 valence electrons. The van der Waals surface area contributed by atoms with Crippen LogP contribution in [0.25, 0.3) is 0 Å². The minimum Gasteiger partial charge on any atom is -0.312 e. The predicted octanol–water partition coefficient (Wildman–Crippen LogP) is 3.76. The third-order valence-corrected chi connectivity index (χ3v) is 6.27. The van der Waals surface area contributed by atoms with Crippen molar-refractivity contribution in [3.8, 4) is 0 Å². The number of nitrogens with zero attached hydrogens (tertiary/aromatic N) is 1. The van der Waals surface area contributed by atoms with Crippen molar-refractivity contribution in [3.05, 3.63) is 89.7 Å². The molecule has 0 aromatic heterocycles. The lowest BCUT2D eigenvalue weighted by atomic mass is 10.1. The van der Waals surface area contributed by atoms with Crippen LogP contribution in [0.1, 0.15) is 11.1 Å². The molecule has 3 aromatic carbocycles. The Morgan fingerprint density at radius 2 is 1.66 bits per heavy atom. The molecular formula is C22H19FN2O3S. The summed E-state index contributed by atoms with van der Waals surface area (Å²) in [5.74, 6) is -0.492. The van der Waals surface area contributed by atoms with Crippen LogP contribution in [0.5, 0.6) is 0 Å². The van der Waals surface area contributed by atoms with Gasteiger partial charge in [0.2, 0.25) is 5.91 Å². The highest BCUT2D eigenvalue weighted by Crippen LogP contribution is 2.28. The normalized spacial score (nSPS) is 13.2. The summed E-state index contributed by atoms with van der Waals surface area (Å²) in [4.78, 5) is 14.5. The predicted molar refractivity (Wildman–Crippen MR) is 110 cm³/mol. The number of benzene rings is 3. The smallest absolute Gasteiger partial charge is 0.261 e. The number of sulfonamides is 1. The van der Waals surface area contributed by atoms with E-state index in [1.807, 2.05) is 24.3 Å². The summed E-state index contributed by atoms with van der Waals surface area (Å²) in [6, 6.07) is 19.2. The molecule has 0 atom stereocenters. The lowest BCUT2D eigenvalue weighted by molar-refractivity contribution is -0.117. The lowest BCUT2D eigenvalue weighted by Gasteiger charge is -2.17. The molecule has 0 unspecified atom stereocenters. The third-order valence-electron chi connectivity index (χ3n) is 4.87. The van der Waals surface area contributed by atoms with Crippen LogP contribution in [0, 0.1) is 5.82 Å². The van der Waals surface area contributed by atoms with Crippen LogP contribution in [0.4, 0.5) is 15.8 Å². The van der Waals surface area contributed by atoms with Crippen molar-refractivity contribution in [3.63, 3.8) is 0 Å². The Balaban J connectivity index is 1.43. The Bertz CT molecular complexity index is 1140. The van der Waals surface area contributed by atoms with Gasteiger partial charge in [0.1, 0.15) is 5.82 Å². The zero-order chi connectivity index (χ0) is 20.4. The second-order valence-corrected chi connectivity index (χ2v) is 8.54. The SMILES string of the molecule is O=C(Cc1ccc(NS(=O)(=O)c2ccc(F)cc2)cc1)N1CCc2ccccc21. The maximum Gasteiger partial charge on any atom is 0.261 e. The van der Waals surface area contributed by atoms with Crippen molar-refractivity contribution >= 4 is 27.3 Å². The standard InChI is InChI=1S/C22H19FN2O3S/c23-18-7-11-20(12-8-18)29(27,28)24-19-9-5-16(6-10-19)15-22(26)25-14-13-17-3-1-2-4-21(17)25/h1-12,24H,13-15H2. The van der Waals surface area contributed by atoms with Gasteiger partial charge in [-0.15, -0.1) is 0 Å². The van der Waals surface area contributed by atoms with Gasteiger partial charge in [-0.3, -0.25) is 9.52 Å². The van der Waals surface area contributed by atoms with Gasteiger partial charge in [-0.1, -0.05) is 30.3 Å². The van der Waals surface area contributed by atoms with Gasteiger partial charge in [0.15, 0.2) is 0 Å². The lowest BCUT2D eigenvalue weighted by Crippen LogP contribution is -2.30. The van der Waals surface area contributed by atoms with E-state index in [2.05, 4.69) is 4.72 Å². The Kier molecular flexibility index (Phi) is 5.07. The molecule has 1 aliphatic rings. The van der Waals surface area contributed by atoms with E-state index < -0.39 is 15.8 Å². The van der Waals surface area contributed by atoms with Crippen LogP contribution in [-0.4, -0.2) is 20.9 Å². The maximum absolute atomic E-state index is 13.0. The molecule has 4 rings (SSSR count). The average Bonchev–Trinajstić information content (AvgIpc) is 3.14. The van der Waals surface area contributed by atoms with Crippen molar-refractivity contribution in [2.45, 2.75) is 17.7 Å². The van der Waals surface area contributed by atoms with Crippen LogP contribution in [-0.2, 0) is 27.7 Å². The van der Waals surface area contributed by atoms with Crippen molar-refractivity contribution in [2.24, 2.45) is 0 Å². The fraction of sp³-hybridized carbons (Fsp3) is 0.136. The topological polar surface area (TPSA) is 66.5 Å². The van der Waals surface area contributed by atoms with E-state index in [0.29, 0.717) is 12.2 Å². The minimum absolute atomic E-state index is 0.00888. The van der Waals surface area contributed by atoms with E-state index in [1.54, 1.807) is 29.2 Å². The van der Waals surface area contributed by atoms with Crippen LogP contribution < -0.4 is 9.62 Å². The first-order valence-electron chi connectivity index (χ1n) is 9.18. The summed E-state index contributed by atoms with van der Waals surface area (Å²) in [6.45, 7) is 0.674. The van der Waals surface area contributed by atoms with Crippen molar-refractivity contribution < 1.29 is 17.6 Å². The van der Waals surface area contributed by atoms with Crippen molar-refractivity contribution in [1.82, 2.24) is 0 Å². The molecule has 5 nitrogen and oxygen atoms in total. The Morgan fingerprint density at radius 1 is 0.966 bits per heavy atom. The molecule has 7 heteroatoms. The summed E-state index contributed by atoms with van der Waals surface area (Å²) in [7, 11) is -3.80. The molecule has 1 N–H and O–H groups in total. The van der Waals surface area contributed by atoms with Gasteiger partial charge < -0.3 is 4.90 Å². The molecular weight excluding hydrogens is 391 g/mol. The van der Waals surface area contributed by atoms with E-state index in [9.17, 15) is 17.6 Å². The van der Waals surface area contributed by atoms with Crippen LogP contribution >= 0.6 is 0 Å². The summed E-state index contributed by atoms with van der Waals surface area (Å²) in [5, 5.41) is 0. The summed E-state index contributed by atoms with van der Waals surface area (Å²) >= 11 is 0. The molecule has 3 aromatic rings. The fourth-order valence-corrected chi connectivity index (χ4v) is 4.44. The van der Waals surface area contributed by atoms with E-state index in [4.69, 9.17) is 0 Å². The van der Waals surface area contributed by atoms with E-state index >= 15 is 0 Å². The molecule has 0 aliphatic carbocycles. The highest BCUT2D eigenvalue weighted by atomic mass is 32.2. The Hall–Kier alpha value is -3.19. The number of halogens is 1. The number of rotatable bonds is 5. The van der Waals surface area contributed by atoms with E-state index in [1.165, 1.54) is 17.7 Å². The van der Waals surface area contributed by atoms with Gasteiger partial charge in [0, 0.05) is 17.9 Å². The van der Waals surface area contributed by atoms with Crippen LogP contribution in [0.15, 0.2) is 77.7 Å². The molecule has 29 heavy (non-hydrogen) atoms. The third kappa shape index (κ3) is 4.14. The first kappa shape index (κ1) is 19.1. The number of anilines is 2. The fourth-order valence-electron chi connectivity index (χ4n) is 3.39. The monoisotopic (exact) mass is 410 g/mol. The highest BCUT2D eigenvalue weighted by molar-refractivity contribution is 7.92. The first-order chi connectivity index (χ1) is 13.9. The maximum atomic E-state index is 13.0. The van der Waals surface area contributed by atoms with E-state index in [0.717, 1.165) is 29.8 Å². The number of hydrogen-bond donors (Lipinski definition) is 1. The molecule has 0 saturated carbocycles. The van der Waals surface area contributed by atoms with Gasteiger partial charge in [0.25, 0.3) is 10.0 Å². The summed E-state index contributed by atoms with van der Waals surface area (Å²) in [6.07, 6.45) is 1.09. The second-order valence-electron chi connectivity index (χ2n) is 6.86. The van der Waals surface area contributed by atoms with Crippen molar-refractivity contribution in [1.29, 1.82) is 0 Å². The quantitative estimate of drug-likeness (QED) is 0.697. The number of fused-ring (bicyclic) bond motifs is 1. The van der Waals surface area contributed by atoms with E-state index in [-0.39, 0.29) is 17.2 Å². The average molecular weight is 410 g/mol. The van der Waals surface area contributed by atoms with Crippen LogP contribution in [0.2, 0.25) is 0 Å². The Morgan fingerprint density at radius 3 is 2.38 bits per heavy atom. The number of carbonyl (C=O) groups excluding carboxylic acids is 1. The van der Waals surface area contributed by atoms with Gasteiger partial charge in [-0.2, -0.15) is 0 Å². The molecule has 0 radical (unpaired) electrons. The molecule has 0 bridgehead atoms. The van der Waals surface area contributed by atoms with Gasteiger partial charge in [-0.05, 0) is 60.0 Å². The number of para-hydroxylation sites is 1. The highest BCUT2D eigenvalue weighted by Gasteiger charge is 2.24. The van der Waals surface area contributed by atoms with Gasteiger partial charge in [-0.25, -0.2) is 12.8 Å². The second kappa shape index (κ2) is 7.67. The number of nitrogens with one attached hydrogen (secondary N) is 1. The van der Waals surface area contributed by atoms with Gasteiger partial charge in [0.05, 0.1) is 11.3 Å². The molecule has 1 amide bonds.